The molecule has 0 unspecified atom stereocenters. The van der Waals surface area contributed by atoms with Crippen molar-refractivity contribution in [2.45, 2.75) is 18.4 Å². The third kappa shape index (κ3) is 4.04. The number of nitrogens with zero attached hydrogens (tertiary/aromatic N) is 2. The molecular formula is C19H23ClN2O3S. The SMILES string of the molecule is Cc1ccc(S(=O)(=O)N(C)Cc2ccccc2N2CCOCC2)cc1Cl. The fourth-order valence-corrected chi connectivity index (χ4v) is 4.42. The summed E-state index contributed by atoms with van der Waals surface area (Å²) in [6.07, 6.45) is 0. The summed E-state index contributed by atoms with van der Waals surface area (Å²) in [5, 5.41) is 0.452. The van der Waals surface area contributed by atoms with E-state index in [4.69, 9.17) is 16.3 Å². The molecule has 1 aliphatic rings. The highest BCUT2D eigenvalue weighted by Gasteiger charge is 2.23. The zero-order chi connectivity index (χ0) is 18.7. The fourth-order valence-electron chi connectivity index (χ4n) is 3.00. The van der Waals surface area contributed by atoms with Crippen LogP contribution in [0.25, 0.3) is 0 Å². The number of para-hydroxylation sites is 1. The van der Waals surface area contributed by atoms with E-state index in [-0.39, 0.29) is 4.90 Å². The van der Waals surface area contributed by atoms with Crippen molar-refractivity contribution in [3.8, 4) is 0 Å². The van der Waals surface area contributed by atoms with Crippen LogP contribution in [0.2, 0.25) is 5.02 Å². The lowest BCUT2D eigenvalue weighted by Crippen LogP contribution is -2.37. The summed E-state index contributed by atoms with van der Waals surface area (Å²) in [5.74, 6) is 0. The summed E-state index contributed by atoms with van der Waals surface area (Å²) in [7, 11) is -2.02. The highest BCUT2D eigenvalue weighted by atomic mass is 35.5. The Balaban J connectivity index is 1.85. The van der Waals surface area contributed by atoms with Crippen molar-refractivity contribution in [2.24, 2.45) is 0 Å². The third-order valence-corrected chi connectivity index (χ3v) is 6.79. The molecule has 2 aromatic carbocycles. The van der Waals surface area contributed by atoms with Gasteiger partial charge in [0.1, 0.15) is 0 Å². The molecule has 2 aromatic rings. The maximum atomic E-state index is 12.9. The Hall–Kier alpha value is -1.60. The smallest absolute Gasteiger partial charge is 0.243 e. The van der Waals surface area contributed by atoms with Gasteiger partial charge in [-0.05, 0) is 36.2 Å². The second kappa shape index (κ2) is 7.96. The summed E-state index contributed by atoms with van der Waals surface area (Å²) in [4.78, 5) is 2.45. The van der Waals surface area contributed by atoms with Gasteiger partial charge in [-0.1, -0.05) is 35.9 Å². The van der Waals surface area contributed by atoms with E-state index in [9.17, 15) is 8.42 Å². The lowest BCUT2D eigenvalue weighted by atomic mass is 10.1. The van der Waals surface area contributed by atoms with Crippen LogP contribution in [0.15, 0.2) is 47.4 Å². The molecule has 5 nitrogen and oxygen atoms in total. The quantitative estimate of drug-likeness (QED) is 0.780. The Kier molecular flexibility index (Phi) is 5.87. The van der Waals surface area contributed by atoms with Gasteiger partial charge in [0.15, 0.2) is 0 Å². The van der Waals surface area contributed by atoms with Gasteiger partial charge in [-0.2, -0.15) is 4.31 Å². The first-order valence-corrected chi connectivity index (χ1v) is 10.3. The molecule has 1 saturated heterocycles. The summed E-state index contributed by atoms with van der Waals surface area (Å²) in [6.45, 7) is 5.12. The van der Waals surface area contributed by atoms with Crippen LogP contribution in [0.5, 0.6) is 0 Å². The van der Waals surface area contributed by atoms with Crippen molar-refractivity contribution in [1.29, 1.82) is 0 Å². The number of hydrogen-bond donors (Lipinski definition) is 0. The van der Waals surface area contributed by atoms with Crippen molar-refractivity contribution in [1.82, 2.24) is 4.31 Å². The van der Waals surface area contributed by atoms with Crippen LogP contribution in [0.4, 0.5) is 5.69 Å². The second-order valence-corrected chi connectivity index (χ2v) is 8.85. The van der Waals surface area contributed by atoms with Crippen molar-refractivity contribution < 1.29 is 13.2 Å². The molecule has 0 aromatic heterocycles. The molecular weight excluding hydrogens is 372 g/mol. The lowest BCUT2D eigenvalue weighted by Gasteiger charge is -2.31. The normalized spacial score (nSPS) is 15.5. The van der Waals surface area contributed by atoms with E-state index in [1.807, 2.05) is 31.2 Å². The molecule has 0 atom stereocenters. The molecule has 0 aliphatic carbocycles. The average molecular weight is 395 g/mol. The predicted molar refractivity (Wildman–Crippen MR) is 104 cm³/mol. The average Bonchev–Trinajstić information content (AvgIpc) is 2.65. The topological polar surface area (TPSA) is 49.9 Å². The molecule has 140 valence electrons. The number of morpholine rings is 1. The van der Waals surface area contributed by atoms with Gasteiger partial charge < -0.3 is 9.64 Å². The van der Waals surface area contributed by atoms with Crippen LogP contribution in [-0.4, -0.2) is 46.1 Å². The van der Waals surface area contributed by atoms with Crippen LogP contribution >= 0.6 is 11.6 Å². The first-order valence-electron chi connectivity index (χ1n) is 8.52. The van der Waals surface area contributed by atoms with Crippen LogP contribution in [0.1, 0.15) is 11.1 Å². The minimum Gasteiger partial charge on any atom is -0.378 e. The van der Waals surface area contributed by atoms with Crippen LogP contribution < -0.4 is 4.90 Å². The molecule has 1 heterocycles. The van der Waals surface area contributed by atoms with Gasteiger partial charge in [-0.15, -0.1) is 0 Å². The van der Waals surface area contributed by atoms with E-state index in [0.717, 1.165) is 29.9 Å². The Morgan fingerprint density at radius 2 is 1.85 bits per heavy atom. The minimum atomic E-state index is -3.62. The number of anilines is 1. The van der Waals surface area contributed by atoms with E-state index < -0.39 is 10.0 Å². The Morgan fingerprint density at radius 1 is 1.15 bits per heavy atom. The first kappa shape index (κ1) is 19.2. The van der Waals surface area contributed by atoms with Crippen molar-refractivity contribution >= 4 is 27.3 Å². The zero-order valence-electron chi connectivity index (χ0n) is 15.0. The maximum Gasteiger partial charge on any atom is 0.243 e. The van der Waals surface area contributed by atoms with Gasteiger partial charge in [0, 0.05) is 37.4 Å². The summed E-state index contributed by atoms with van der Waals surface area (Å²) in [5.41, 5.74) is 2.88. The van der Waals surface area contributed by atoms with Crippen molar-refractivity contribution in [2.75, 3.05) is 38.3 Å². The monoisotopic (exact) mass is 394 g/mol. The van der Waals surface area contributed by atoms with E-state index >= 15 is 0 Å². The van der Waals surface area contributed by atoms with Crippen molar-refractivity contribution in [3.63, 3.8) is 0 Å². The summed E-state index contributed by atoms with van der Waals surface area (Å²) in [6, 6.07) is 12.7. The van der Waals surface area contributed by atoms with Crippen LogP contribution in [-0.2, 0) is 21.3 Å². The largest absolute Gasteiger partial charge is 0.378 e. The molecule has 0 N–H and O–H groups in total. The molecule has 7 heteroatoms. The number of ether oxygens (including phenoxy) is 1. The maximum absolute atomic E-state index is 12.9. The number of rotatable bonds is 5. The number of hydrogen-bond acceptors (Lipinski definition) is 4. The molecule has 0 bridgehead atoms. The third-order valence-electron chi connectivity index (χ3n) is 4.59. The molecule has 3 rings (SSSR count). The number of benzene rings is 2. The van der Waals surface area contributed by atoms with E-state index in [1.165, 1.54) is 10.4 Å². The molecule has 0 saturated carbocycles. The van der Waals surface area contributed by atoms with Gasteiger partial charge in [0.25, 0.3) is 0 Å². The van der Waals surface area contributed by atoms with Crippen molar-refractivity contribution in [3.05, 3.63) is 58.6 Å². The Morgan fingerprint density at radius 3 is 2.54 bits per heavy atom. The van der Waals surface area contributed by atoms with Gasteiger partial charge in [0.05, 0.1) is 18.1 Å². The first-order chi connectivity index (χ1) is 12.4. The molecule has 0 spiro atoms. The minimum absolute atomic E-state index is 0.208. The number of aryl methyl sites for hydroxylation is 1. The van der Waals surface area contributed by atoms with Gasteiger partial charge in [-0.25, -0.2) is 8.42 Å². The lowest BCUT2D eigenvalue weighted by molar-refractivity contribution is 0.122. The Labute approximate surface area is 160 Å². The Bertz CT molecular complexity index is 880. The zero-order valence-corrected chi connectivity index (χ0v) is 16.6. The molecule has 26 heavy (non-hydrogen) atoms. The molecule has 0 amide bonds. The van der Waals surface area contributed by atoms with Crippen LogP contribution in [0, 0.1) is 6.92 Å². The summed E-state index contributed by atoms with van der Waals surface area (Å²) >= 11 is 6.11. The van der Waals surface area contributed by atoms with E-state index in [1.54, 1.807) is 19.2 Å². The van der Waals surface area contributed by atoms with Gasteiger partial charge in [-0.3, -0.25) is 0 Å². The van der Waals surface area contributed by atoms with Gasteiger partial charge >= 0.3 is 0 Å². The summed E-state index contributed by atoms with van der Waals surface area (Å²) < 4.78 is 32.6. The number of sulfonamides is 1. The highest BCUT2D eigenvalue weighted by Crippen LogP contribution is 2.26. The predicted octanol–water partition coefficient (Wildman–Crippen LogP) is 3.31. The number of halogens is 1. The van der Waals surface area contributed by atoms with E-state index in [2.05, 4.69) is 4.90 Å². The van der Waals surface area contributed by atoms with Gasteiger partial charge in [0.2, 0.25) is 10.0 Å². The highest BCUT2D eigenvalue weighted by molar-refractivity contribution is 7.89. The molecule has 1 aliphatic heterocycles. The second-order valence-electron chi connectivity index (χ2n) is 6.40. The molecule has 1 fully saturated rings. The standard InChI is InChI=1S/C19H23ClN2O3S/c1-15-7-8-17(13-18(15)20)26(23,24)21(2)14-16-5-3-4-6-19(16)22-9-11-25-12-10-22/h3-8,13H,9-12,14H2,1-2H3. The van der Waals surface area contributed by atoms with Crippen LogP contribution in [0.3, 0.4) is 0 Å². The fraction of sp³-hybridized carbons (Fsp3) is 0.368. The van der Waals surface area contributed by atoms with E-state index in [0.29, 0.717) is 24.8 Å². The molecule has 0 radical (unpaired) electrons.